The molecule has 6 heteroatoms. The molecule has 0 saturated carbocycles. The smallest absolute Gasteiger partial charge is 0.202 e. The van der Waals surface area contributed by atoms with Crippen LogP contribution in [0.5, 0.6) is 5.75 Å². The van der Waals surface area contributed by atoms with Crippen molar-refractivity contribution < 1.29 is 9.13 Å². The summed E-state index contributed by atoms with van der Waals surface area (Å²) >= 11 is 0. The summed E-state index contributed by atoms with van der Waals surface area (Å²) in [5.41, 5.74) is 2.49. The lowest BCUT2D eigenvalue weighted by Crippen LogP contribution is -2.06. The Kier molecular flexibility index (Phi) is 3.06. The average molecular weight is 272 g/mol. The van der Waals surface area contributed by atoms with Crippen LogP contribution in [0, 0.1) is 5.82 Å². The number of aromatic nitrogens is 4. The molecule has 5 nitrogen and oxygen atoms in total. The van der Waals surface area contributed by atoms with Gasteiger partial charge in [0, 0.05) is 5.56 Å². The second kappa shape index (κ2) is 4.88. The number of halogens is 1. The van der Waals surface area contributed by atoms with Crippen molar-refractivity contribution in [1.29, 1.82) is 0 Å². The first-order chi connectivity index (χ1) is 9.63. The molecule has 1 N–H and O–H groups in total. The molecule has 1 aromatic carbocycles. The Hall–Kier alpha value is -2.50. The molecule has 20 heavy (non-hydrogen) atoms. The zero-order chi connectivity index (χ0) is 14.1. The highest BCUT2D eigenvalue weighted by Gasteiger charge is 2.09. The van der Waals surface area contributed by atoms with Crippen LogP contribution in [-0.4, -0.2) is 26.5 Å². The number of H-pyrrole nitrogens is 1. The lowest BCUT2D eigenvalue weighted by Gasteiger charge is -2.11. The van der Waals surface area contributed by atoms with Crippen LogP contribution in [0.25, 0.3) is 22.4 Å². The van der Waals surface area contributed by atoms with Crippen molar-refractivity contribution in [3.8, 4) is 17.0 Å². The summed E-state index contributed by atoms with van der Waals surface area (Å²) in [7, 11) is 0. The van der Waals surface area contributed by atoms with E-state index >= 15 is 0 Å². The molecule has 0 atom stereocenters. The number of benzene rings is 1. The fraction of sp³-hybridized carbons (Fsp3) is 0.214. The van der Waals surface area contributed by atoms with Gasteiger partial charge in [-0.25, -0.2) is 9.37 Å². The molecule has 0 bridgehead atoms. The monoisotopic (exact) mass is 272 g/mol. The normalized spacial score (nSPS) is 11.2. The molecule has 3 rings (SSSR count). The maximum Gasteiger partial charge on any atom is 0.202 e. The van der Waals surface area contributed by atoms with E-state index in [1.165, 1.54) is 6.07 Å². The lowest BCUT2D eigenvalue weighted by molar-refractivity contribution is 0.231. The summed E-state index contributed by atoms with van der Waals surface area (Å²) in [6.45, 7) is 3.71. The third-order valence-electron chi connectivity index (χ3n) is 2.77. The predicted molar refractivity (Wildman–Crippen MR) is 72.8 cm³/mol. The van der Waals surface area contributed by atoms with E-state index in [4.69, 9.17) is 4.74 Å². The first-order valence-corrected chi connectivity index (χ1v) is 6.27. The zero-order valence-electron chi connectivity index (χ0n) is 11.1. The average Bonchev–Trinajstić information content (AvgIpc) is 2.87. The molecular formula is C14H13FN4O. The first-order valence-electron chi connectivity index (χ1n) is 6.27. The van der Waals surface area contributed by atoms with Gasteiger partial charge >= 0.3 is 0 Å². The number of rotatable bonds is 3. The van der Waals surface area contributed by atoms with Crippen LogP contribution >= 0.6 is 0 Å². The van der Waals surface area contributed by atoms with E-state index in [0.717, 1.165) is 0 Å². The maximum absolute atomic E-state index is 14.0. The Morgan fingerprint density at radius 1 is 1.15 bits per heavy atom. The topological polar surface area (TPSA) is 63.7 Å². The van der Waals surface area contributed by atoms with Crippen molar-refractivity contribution in [1.82, 2.24) is 20.4 Å². The standard InChI is InChI=1S/C14H13FN4O/c1-8(2)20-13-6-3-9(7-10(13)15)11-4-5-12-14(16-11)18-19-17-12/h3-8H,1-2H3,(H,16,17,18,19). The van der Waals surface area contributed by atoms with Gasteiger partial charge in [-0.05, 0) is 44.2 Å². The van der Waals surface area contributed by atoms with Gasteiger partial charge in [-0.2, -0.15) is 10.3 Å². The van der Waals surface area contributed by atoms with Crippen molar-refractivity contribution in [3.63, 3.8) is 0 Å². The van der Waals surface area contributed by atoms with E-state index in [-0.39, 0.29) is 11.9 Å². The number of hydrogen-bond acceptors (Lipinski definition) is 4. The van der Waals surface area contributed by atoms with Crippen LogP contribution < -0.4 is 4.74 Å². The Morgan fingerprint density at radius 2 is 2.00 bits per heavy atom. The van der Waals surface area contributed by atoms with Gasteiger partial charge in [0.25, 0.3) is 0 Å². The van der Waals surface area contributed by atoms with Crippen LogP contribution in [0.3, 0.4) is 0 Å². The largest absolute Gasteiger partial charge is 0.488 e. The van der Waals surface area contributed by atoms with Crippen molar-refractivity contribution in [2.45, 2.75) is 20.0 Å². The Labute approximate surface area is 114 Å². The summed E-state index contributed by atoms with van der Waals surface area (Å²) < 4.78 is 19.3. The highest BCUT2D eigenvalue weighted by Crippen LogP contribution is 2.25. The molecule has 0 saturated heterocycles. The van der Waals surface area contributed by atoms with Gasteiger partial charge in [-0.15, -0.1) is 5.10 Å². The Bertz CT molecular complexity index is 754. The van der Waals surface area contributed by atoms with Gasteiger partial charge < -0.3 is 4.74 Å². The minimum atomic E-state index is -0.404. The molecule has 0 spiro atoms. The molecular weight excluding hydrogens is 259 g/mol. The van der Waals surface area contributed by atoms with Gasteiger partial charge in [0.05, 0.1) is 11.8 Å². The Balaban J connectivity index is 1.99. The molecule has 102 valence electrons. The van der Waals surface area contributed by atoms with Crippen molar-refractivity contribution >= 4 is 11.2 Å². The minimum Gasteiger partial charge on any atom is -0.488 e. The van der Waals surface area contributed by atoms with Crippen LogP contribution in [0.2, 0.25) is 0 Å². The number of fused-ring (bicyclic) bond motifs is 1. The van der Waals surface area contributed by atoms with Crippen LogP contribution in [0.4, 0.5) is 4.39 Å². The van der Waals surface area contributed by atoms with E-state index < -0.39 is 5.82 Å². The summed E-state index contributed by atoms with van der Waals surface area (Å²) in [6, 6.07) is 8.36. The fourth-order valence-corrected chi connectivity index (χ4v) is 1.91. The molecule has 0 radical (unpaired) electrons. The van der Waals surface area contributed by atoms with Gasteiger partial charge in [0.2, 0.25) is 5.65 Å². The molecule has 0 unspecified atom stereocenters. The van der Waals surface area contributed by atoms with E-state index in [9.17, 15) is 4.39 Å². The Morgan fingerprint density at radius 3 is 2.75 bits per heavy atom. The van der Waals surface area contributed by atoms with E-state index in [0.29, 0.717) is 22.4 Å². The van der Waals surface area contributed by atoms with Crippen LogP contribution in [0.1, 0.15) is 13.8 Å². The second-order valence-corrected chi connectivity index (χ2v) is 4.67. The quantitative estimate of drug-likeness (QED) is 0.796. The maximum atomic E-state index is 14.0. The van der Waals surface area contributed by atoms with Gasteiger partial charge in [-0.1, -0.05) is 0 Å². The third kappa shape index (κ3) is 2.32. The highest BCUT2D eigenvalue weighted by atomic mass is 19.1. The summed E-state index contributed by atoms with van der Waals surface area (Å²) in [6.07, 6.45) is -0.0695. The number of nitrogens with zero attached hydrogens (tertiary/aromatic N) is 3. The van der Waals surface area contributed by atoms with Gasteiger partial charge in [-0.3, -0.25) is 0 Å². The SMILES string of the molecule is CC(C)Oc1ccc(-c2ccc3n[nH]nc3n2)cc1F. The van der Waals surface area contributed by atoms with Crippen molar-refractivity contribution in [2.24, 2.45) is 0 Å². The summed E-state index contributed by atoms with van der Waals surface area (Å²) in [5.74, 6) is -0.162. The van der Waals surface area contributed by atoms with Crippen LogP contribution in [-0.2, 0) is 0 Å². The number of aromatic amines is 1. The summed E-state index contributed by atoms with van der Waals surface area (Å²) in [4.78, 5) is 4.32. The summed E-state index contributed by atoms with van der Waals surface area (Å²) in [5, 5.41) is 10.3. The number of pyridine rings is 1. The molecule has 0 fully saturated rings. The molecule has 0 aliphatic rings. The third-order valence-corrected chi connectivity index (χ3v) is 2.77. The second-order valence-electron chi connectivity index (χ2n) is 4.67. The first kappa shape index (κ1) is 12.5. The fourth-order valence-electron chi connectivity index (χ4n) is 1.91. The minimum absolute atomic E-state index is 0.0695. The van der Waals surface area contributed by atoms with E-state index in [2.05, 4.69) is 20.4 Å². The number of hydrogen-bond donors (Lipinski definition) is 1. The molecule has 3 aromatic rings. The predicted octanol–water partition coefficient (Wildman–Crippen LogP) is 2.95. The van der Waals surface area contributed by atoms with Gasteiger partial charge in [0.15, 0.2) is 11.6 Å². The van der Waals surface area contributed by atoms with Crippen molar-refractivity contribution in [2.75, 3.05) is 0 Å². The van der Waals surface area contributed by atoms with E-state index in [1.54, 1.807) is 24.3 Å². The molecule has 2 heterocycles. The molecule has 0 aliphatic heterocycles. The number of ether oxygens (including phenoxy) is 1. The molecule has 0 amide bonds. The molecule has 2 aromatic heterocycles. The van der Waals surface area contributed by atoms with E-state index in [1.807, 2.05) is 13.8 Å². The molecule has 0 aliphatic carbocycles. The van der Waals surface area contributed by atoms with Crippen LogP contribution in [0.15, 0.2) is 30.3 Å². The van der Waals surface area contributed by atoms with Crippen molar-refractivity contribution in [3.05, 3.63) is 36.1 Å². The lowest BCUT2D eigenvalue weighted by atomic mass is 10.1. The zero-order valence-corrected chi connectivity index (χ0v) is 11.1. The number of nitrogens with one attached hydrogen (secondary N) is 1. The van der Waals surface area contributed by atoms with Gasteiger partial charge in [0.1, 0.15) is 5.52 Å². The highest BCUT2D eigenvalue weighted by molar-refractivity contribution is 5.74.